The minimum Gasteiger partial charge on any atom is -0.297 e. The molecule has 2 aromatic rings. The second-order valence-corrected chi connectivity index (χ2v) is 6.75. The van der Waals surface area contributed by atoms with Crippen LogP contribution in [0.2, 0.25) is 0 Å². The quantitative estimate of drug-likeness (QED) is 0.604. The molecule has 0 radical (unpaired) electrons. The molecule has 4 nitrogen and oxygen atoms in total. The van der Waals surface area contributed by atoms with Crippen LogP contribution in [0.4, 0.5) is 5.00 Å². The molecule has 0 atom stereocenters. The molecule has 0 fully saturated rings. The fourth-order valence-corrected chi connectivity index (χ4v) is 3.86. The number of nitro groups is 1. The van der Waals surface area contributed by atoms with Gasteiger partial charge in [0.15, 0.2) is 0 Å². The molecule has 0 aromatic carbocycles. The highest BCUT2D eigenvalue weighted by Gasteiger charge is 2.11. The van der Waals surface area contributed by atoms with Gasteiger partial charge < -0.3 is 0 Å². The predicted molar refractivity (Wildman–Crippen MR) is 78.2 cm³/mol. The molecule has 0 aliphatic carbocycles. The lowest BCUT2D eigenvalue weighted by Gasteiger charge is -2.14. The van der Waals surface area contributed by atoms with Gasteiger partial charge in [0.05, 0.1) is 4.92 Å². The molecule has 0 spiro atoms. The minimum absolute atomic E-state index is 0.206. The lowest BCUT2D eigenvalue weighted by atomic mass is 10.3. The number of hydrogen-bond acceptors (Lipinski definition) is 5. The average molecular weight is 347 g/mol. The molecule has 0 N–H and O–H groups in total. The third-order valence-corrected chi connectivity index (χ3v) is 4.93. The summed E-state index contributed by atoms with van der Waals surface area (Å²) in [6, 6.07) is 3.74. The van der Waals surface area contributed by atoms with Crippen LogP contribution in [0.1, 0.15) is 10.4 Å². The van der Waals surface area contributed by atoms with E-state index in [2.05, 4.69) is 32.3 Å². The topological polar surface area (TPSA) is 46.4 Å². The standard InChI is InChI=1S/C11H11BrN2O2S2/c1-13(5-10-3-9(12)7-17-10)4-8-2-11(14(15)16)18-6-8/h2-3,6-7H,4-5H2,1H3. The van der Waals surface area contributed by atoms with Crippen molar-refractivity contribution in [1.29, 1.82) is 0 Å². The Hall–Kier alpha value is -0.760. The number of rotatable bonds is 5. The van der Waals surface area contributed by atoms with Crippen molar-refractivity contribution in [2.75, 3.05) is 7.05 Å². The van der Waals surface area contributed by atoms with Crippen molar-refractivity contribution >= 4 is 43.6 Å². The maximum absolute atomic E-state index is 10.6. The molecule has 0 bridgehead atoms. The molecule has 2 heterocycles. The van der Waals surface area contributed by atoms with Crippen LogP contribution in [0.5, 0.6) is 0 Å². The van der Waals surface area contributed by atoms with E-state index in [1.54, 1.807) is 17.4 Å². The summed E-state index contributed by atoms with van der Waals surface area (Å²) in [5.41, 5.74) is 0.991. The summed E-state index contributed by atoms with van der Waals surface area (Å²) in [5, 5.41) is 14.7. The van der Waals surface area contributed by atoms with E-state index in [9.17, 15) is 10.1 Å². The van der Waals surface area contributed by atoms with Crippen molar-refractivity contribution in [1.82, 2.24) is 4.90 Å². The first-order valence-electron chi connectivity index (χ1n) is 5.18. The van der Waals surface area contributed by atoms with Crippen molar-refractivity contribution in [2.45, 2.75) is 13.1 Å². The van der Waals surface area contributed by atoms with Crippen LogP contribution in [0, 0.1) is 10.1 Å². The van der Waals surface area contributed by atoms with Gasteiger partial charge in [-0.15, -0.1) is 11.3 Å². The highest BCUT2D eigenvalue weighted by molar-refractivity contribution is 9.10. The molecule has 96 valence electrons. The molecule has 0 saturated carbocycles. The zero-order valence-electron chi connectivity index (χ0n) is 9.63. The van der Waals surface area contributed by atoms with Crippen LogP contribution in [-0.2, 0) is 13.1 Å². The Morgan fingerprint density at radius 3 is 2.67 bits per heavy atom. The maximum Gasteiger partial charge on any atom is 0.324 e. The van der Waals surface area contributed by atoms with Gasteiger partial charge in [0.1, 0.15) is 0 Å². The first-order chi connectivity index (χ1) is 8.54. The monoisotopic (exact) mass is 346 g/mol. The molecular weight excluding hydrogens is 336 g/mol. The number of thiophene rings is 2. The molecule has 18 heavy (non-hydrogen) atoms. The van der Waals surface area contributed by atoms with Gasteiger partial charge in [-0.2, -0.15) is 0 Å². The fourth-order valence-electron chi connectivity index (χ4n) is 1.61. The minimum atomic E-state index is -0.343. The Morgan fingerprint density at radius 1 is 1.33 bits per heavy atom. The Morgan fingerprint density at radius 2 is 2.11 bits per heavy atom. The van der Waals surface area contributed by atoms with Crippen molar-refractivity contribution in [3.05, 3.63) is 47.9 Å². The van der Waals surface area contributed by atoms with E-state index in [1.807, 2.05) is 12.4 Å². The Bertz CT molecular complexity index is 553. The Kier molecular flexibility index (Phi) is 4.50. The van der Waals surface area contributed by atoms with E-state index in [4.69, 9.17) is 0 Å². The van der Waals surface area contributed by atoms with Gasteiger partial charge in [-0.1, -0.05) is 11.3 Å². The van der Waals surface area contributed by atoms with Crippen LogP contribution in [0.25, 0.3) is 0 Å². The second kappa shape index (κ2) is 5.92. The molecular formula is C11H11BrN2O2S2. The molecule has 0 aliphatic heterocycles. The van der Waals surface area contributed by atoms with E-state index >= 15 is 0 Å². The normalized spacial score (nSPS) is 11.1. The van der Waals surface area contributed by atoms with E-state index in [0.29, 0.717) is 0 Å². The molecule has 0 aliphatic rings. The number of hydrogen-bond donors (Lipinski definition) is 0. The Labute approximate surface area is 121 Å². The summed E-state index contributed by atoms with van der Waals surface area (Å²) < 4.78 is 1.10. The van der Waals surface area contributed by atoms with Crippen LogP contribution >= 0.6 is 38.6 Å². The van der Waals surface area contributed by atoms with Gasteiger partial charge in [-0.05, 0) is 34.6 Å². The highest BCUT2D eigenvalue weighted by Crippen LogP contribution is 2.25. The zero-order chi connectivity index (χ0) is 13.1. The van der Waals surface area contributed by atoms with Gasteiger partial charge in [0.2, 0.25) is 0 Å². The lowest BCUT2D eigenvalue weighted by molar-refractivity contribution is -0.380. The van der Waals surface area contributed by atoms with Gasteiger partial charge in [-0.25, -0.2) is 0 Å². The first kappa shape index (κ1) is 13.7. The SMILES string of the molecule is CN(Cc1csc([N+](=O)[O-])c1)Cc1cc(Br)cs1. The van der Waals surface area contributed by atoms with Crippen molar-refractivity contribution in [2.24, 2.45) is 0 Å². The van der Waals surface area contributed by atoms with Gasteiger partial charge >= 0.3 is 5.00 Å². The summed E-state index contributed by atoms with van der Waals surface area (Å²) in [6.07, 6.45) is 0. The van der Waals surface area contributed by atoms with Gasteiger partial charge in [-0.3, -0.25) is 15.0 Å². The maximum atomic E-state index is 10.6. The first-order valence-corrected chi connectivity index (χ1v) is 7.73. The van der Waals surface area contributed by atoms with Gasteiger partial charge in [0.25, 0.3) is 0 Å². The van der Waals surface area contributed by atoms with Crippen LogP contribution in [-0.4, -0.2) is 16.9 Å². The third-order valence-electron chi connectivity index (χ3n) is 2.32. The van der Waals surface area contributed by atoms with Crippen LogP contribution in [0.15, 0.2) is 27.4 Å². The summed E-state index contributed by atoms with van der Waals surface area (Å²) >= 11 is 6.31. The summed E-state index contributed by atoms with van der Waals surface area (Å²) in [6.45, 7) is 1.57. The van der Waals surface area contributed by atoms with E-state index in [0.717, 1.165) is 23.1 Å². The Balaban J connectivity index is 1.94. The molecule has 0 amide bonds. The van der Waals surface area contributed by atoms with E-state index in [1.165, 1.54) is 16.2 Å². The summed E-state index contributed by atoms with van der Waals surface area (Å²) in [5.74, 6) is 0. The largest absolute Gasteiger partial charge is 0.324 e. The summed E-state index contributed by atoms with van der Waals surface area (Å²) in [4.78, 5) is 13.7. The molecule has 2 rings (SSSR count). The number of halogens is 1. The molecule has 7 heteroatoms. The second-order valence-electron chi connectivity index (χ2n) is 3.95. The summed E-state index contributed by atoms with van der Waals surface area (Å²) in [7, 11) is 2.01. The van der Waals surface area contributed by atoms with Crippen LogP contribution in [0.3, 0.4) is 0 Å². The average Bonchev–Trinajstić information content (AvgIpc) is 2.88. The van der Waals surface area contributed by atoms with E-state index < -0.39 is 0 Å². The highest BCUT2D eigenvalue weighted by atomic mass is 79.9. The number of nitrogens with zero attached hydrogens (tertiary/aromatic N) is 2. The van der Waals surface area contributed by atoms with Crippen molar-refractivity contribution in [3.63, 3.8) is 0 Å². The molecule has 0 unspecified atom stereocenters. The van der Waals surface area contributed by atoms with Crippen molar-refractivity contribution < 1.29 is 4.92 Å². The molecule has 2 aromatic heterocycles. The third kappa shape index (κ3) is 3.61. The lowest BCUT2D eigenvalue weighted by Crippen LogP contribution is -2.15. The van der Waals surface area contributed by atoms with E-state index in [-0.39, 0.29) is 9.92 Å². The molecule has 0 saturated heterocycles. The zero-order valence-corrected chi connectivity index (χ0v) is 12.8. The predicted octanol–water partition coefficient (Wildman–Crippen LogP) is 4.11. The fraction of sp³-hybridized carbons (Fsp3) is 0.273. The van der Waals surface area contributed by atoms with Crippen molar-refractivity contribution in [3.8, 4) is 0 Å². The van der Waals surface area contributed by atoms with Crippen LogP contribution < -0.4 is 0 Å². The smallest absolute Gasteiger partial charge is 0.297 e. The van der Waals surface area contributed by atoms with Gasteiger partial charge in [0, 0.05) is 39.3 Å².